The van der Waals surface area contributed by atoms with Crippen LogP contribution in [-0.2, 0) is 6.54 Å². The maximum absolute atomic E-state index is 12.9. The monoisotopic (exact) mass is 403 g/mol. The highest BCUT2D eigenvalue weighted by atomic mass is 16.5. The van der Waals surface area contributed by atoms with E-state index in [9.17, 15) is 9.59 Å². The largest absolute Gasteiger partial charge is 0.497 e. The Balaban J connectivity index is 1.61. The number of anilines is 1. The lowest BCUT2D eigenvalue weighted by atomic mass is 10.1. The van der Waals surface area contributed by atoms with Crippen molar-refractivity contribution in [1.82, 2.24) is 9.78 Å². The average Bonchev–Trinajstić information content (AvgIpc) is 3.03. The van der Waals surface area contributed by atoms with Crippen LogP contribution in [0.3, 0.4) is 0 Å². The maximum atomic E-state index is 12.9. The second-order valence-electron chi connectivity index (χ2n) is 7.08. The summed E-state index contributed by atoms with van der Waals surface area (Å²) < 4.78 is 12.3. The molecule has 0 radical (unpaired) electrons. The summed E-state index contributed by atoms with van der Waals surface area (Å²) in [5.74, 6) is 0.154. The van der Waals surface area contributed by atoms with E-state index in [4.69, 9.17) is 9.15 Å². The van der Waals surface area contributed by atoms with Crippen molar-refractivity contribution in [2.75, 3.05) is 12.4 Å². The Bertz CT molecular complexity index is 1300. The molecule has 0 unspecified atom stereocenters. The molecule has 0 bridgehead atoms. The number of nitrogens with zero attached hydrogens (tertiary/aromatic N) is 2. The summed E-state index contributed by atoms with van der Waals surface area (Å²) in [5, 5.41) is 7.88. The molecule has 2 heterocycles. The van der Waals surface area contributed by atoms with Crippen LogP contribution >= 0.6 is 0 Å². The molecule has 0 aliphatic carbocycles. The first kappa shape index (κ1) is 19.4. The van der Waals surface area contributed by atoms with Gasteiger partial charge in [0, 0.05) is 28.9 Å². The molecule has 7 heteroatoms. The lowest BCUT2D eigenvalue weighted by Gasteiger charge is -2.10. The van der Waals surface area contributed by atoms with Gasteiger partial charge in [0.15, 0.2) is 0 Å². The van der Waals surface area contributed by atoms with Gasteiger partial charge in [-0.15, -0.1) is 0 Å². The van der Waals surface area contributed by atoms with Crippen molar-refractivity contribution in [3.05, 3.63) is 87.5 Å². The van der Waals surface area contributed by atoms with Crippen molar-refractivity contribution in [3.63, 3.8) is 0 Å². The molecule has 0 aliphatic rings. The fourth-order valence-electron chi connectivity index (χ4n) is 3.41. The Morgan fingerprint density at radius 3 is 2.70 bits per heavy atom. The number of carbonyl (C=O) groups excluding carboxylic acids is 1. The van der Waals surface area contributed by atoms with Crippen LogP contribution in [0.2, 0.25) is 0 Å². The van der Waals surface area contributed by atoms with Crippen molar-refractivity contribution in [2.24, 2.45) is 0 Å². The van der Waals surface area contributed by atoms with Crippen molar-refractivity contribution in [2.45, 2.75) is 20.4 Å². The molecule has 0 saturated carbocycles. The van der Waals surface area contributed by atoms with E-state index in [-0.39, 0.29) is 11.5 Å². The lowest BCUT2D eigenvalue weighted by Crippen LogP contribution is -2.15. The Hall–Kier alpha value is -3.87. The van der Waals surface area contributed by atoms with Crippen molar-refractivity contribution in [3.8, 4) is 5.75 Å². The normalized spacial score (nSPS) is 10.9. The Kier molecular flexibility index (Phi) is 5.10. The van der Waals surface area contributed by atoms with E-state index >= 15 is 0 Å². The van der Waals surface area contributed by atoms with Crippen LogP contribution in [0.25, 0.3) is 11.0 Å². The summed E-state index contributed by atoms with van der Waals surface area (Å²) in [6.07, 6.45) is 0. The number of carbonyl (C=O) groups is 1. The number of benzene rings is 2. The molecule has 0 aliphatic heterocycles. The molecule has 4 rings (SSSR count). The van der Waals surface area contributed by atoms with Gasteiger partial charge in [-0.05, 0) is 49.7 Å². The number of nitrogens with one attached hydrogen (secondary N) is 1. The van der Waals surface area contributed by atoms with E-state index in [0.717, 1.165) is 17.0 Å². The Morgan fingerprint density at radius 2 is 1.97 bits per heavy atom. The van der Waals surface area contributed by atoms with Crippen LogP contribution in [0, 0.1) is 13.8 Å². The molecule has 1 amide bonds. The number of aromatic nitrogens is 2. The van der Waals surface area contributed by atoms with Crippen LogP contribution < -0.4 is 15.7 Å². The molecule has 0 fully saturated rings. The molecule has 7 nitrogen and oxygen atoms in total. The highest BCUT2D eigenvalue weighted by molar-refractivity contribution is 6.12. The van der Waals surface area contributed by atoms with E-state index in [1.54, 1.807) is 24.3 Å². The van der Waals surface area contributed by atoms with E-state index in [1.807, 2.05) is 42.8 Å². The van der Waals surface area contributed by atoms with Crippen LogP contribution in [0.5, 0.6) is 5.75 Å². The molecule has 0 spiro atoms. The minimum absolute atomic E-state index is 0.243. The van der Waals surface area contributed by atoms with E-state index in [0.29, 0.717) is 29.0 Å². The van der Waals surface area contributed by atoms with Gasteiger partial charge >= 0.3 is 5.63 Å². The topological polar surface area (TPSA) is 86.4 Å². The fourth-order valence-corrected chi connectivity index (χ4v) is 3.41. The summed E-state index contributed by atoms with van der Waals surface area (Å²) in [6, 6.07) is 15.8. The van der Waals surface area contributed by atoms with Gasteiger partial charge < -0.3 is 14.5 Å². The quantitative estimate of drug-likeness (QED) is 0.511. The van der Waals surface area contributed by atoms with Gasteiger partial charge in [-0.1, -0.05) is 12.1 Å². The number of methoxy groups -OCH3 is 1. The lowest BCUT2D eigenvalue weighted by molar-refractivity contribution is 0.102. The van der Waals surface area contributed by atoms with Crippen LogP contribution in [-0.4, -0.2) is 22.8 Å². The molecule has 0 saturated heterocycles. The number of ether oxygens (including phenoxy) is 1. The zero-order valence-corrected chi connectivity index (χ0v) is 16.9. The third kappa shape index (κ3) is 3.96. The van der Waals surface area contributed by atoms with Gasteiger partial charge in [-0.2, -0.15) is 5.10 Å². The minimum atomic E-state index is -0.598. The first-order chi connectivity index (χ1) is 14.4. The molecule has 30 heavy (non-hydrogen) atoms. The van der Waals surface area contributed by atoms with Crippen LogP contribution in [0.1, 0.15) is 27.3 Å². The fraction of sp³-hybridized carbons (Fsp3) is 0.174. The number of hydrogen-bond donors (Lipinski definition) is 1. The molecule has 2 aromatic carbocycles. The Labute approximate surface area is 172 Å². The van der Waals surface area contributed by atoms with E-state index < -0.39 is 5.63 Å². The molecular weight excluding hydrogens is 382 g/mol. The van der Waals surface area contributed by atoms with Crippen LogP contribution in [0.4, 0.5) is 5.69 Å². The van der Waals surface area contributed by atoms with Crippen molar-refractivity contribution < 1.29 is 13.9 Å². The highest BCUT2D eigenvalue weighted by Crippen LogP contribution is 2.23. The van der Waals surface area contributed by atoms with Crippen molar-refractivity contribution in [1.29, 1.82) is 0 Å². The van der Waals surface area contributed by atoms with Gasteiger partial charge in [-0.25, -0.2) is 4.79 Å². The van der Waals surface area contributed by atoms with E-state index in [1.165, 1.54) is 13.2 Å². The average molecular weight is 403 g/mol. The van der Waals surface area contributed by atoms with Crippen LogP contribution in [0.15, 0.2) is 63.8 Å². The minimum Gasteiger partial charge on any atom is -0.497 e. The number of aryl methyl sites for hydroxylation is 2. The van der Waals surface area contributed by atoms with Crippen molar-refractivity contribution >= 4 is 22.6 Å². The first-order valence-corrected chi connectivity index (χ1v) is 9.46. The first-order valence-electron chi connectivity index (χ1n) is 9.46. The number of fused-ring (bicyclic) bond motifs is 1. The van der Waals surface area contributed by atoms with Gasteiger partial charge in [0.05, 0.1) is 24.9 Å². The van der Waals surface area contributed by atoms with Gasteiger partial charge in [-0.3, -0.25) is 9.48 Å². The summed E-state index contributed by atoms with van der Waals surface area (Å²) >= 11 is 0. The predicted molar refractivity (Wildman–Crippen MR) is 114 cm³/mol. The highest BCUT2D eigenvalue weighted by Gasteiger charge is 2.14. The summed E-state index contributed by atoms with van der Waals surface area (Å²) in [5.41, 5.74) is 3.61. The summed E-state index contributed by atoms with van der Waals surface area (Å²) in [7, 11) is 1.52. The van der Waals surface area contributed by atoms with E-state index in [2.05, 4.69) is 10.4 Å². The maximum Gasteiger partial charge on any atom is 0.337 e. The molecule has 2 aromatic heterocycles. The standard InChI is InChI=1S/C23H21N3O4/c1-14-9-15(2)26(25-14)13-16-5-4-6-17(10-16)24-23(28)20-12-22(27)30-21-11-18(29-3)7-8-19(20)21/h4-12H,13H2,1-3H3,(H,24,28). The molecule has 0 atom stereocenters. The summed E-state index contributed by atoms with van der Waals surface area (Å²) in [4.78, 5) is 24.9. The second-order valence-corrected chi connectivity index (χ2v) is 7.08. The molecular formula is C23H21N3O4. The molecule has 152 valence electrons. The third-order valence-electron chi connectivity index (χ3n) is 4.82. The zero-order chi connectivity index (χ0) is 21.3. The molecule has 1 N–H and O–H groups in total. The van der Waals surface area contributed by atoms with Gasteiger partial charge in [0.25, 0.3) is 5.91 Å². The summed E-state index contributed by atoms with van der Waals surface area (Å²) in [6.45, 7) is 4.56. The zero-order valence-electron chi connectivity index (χ0n) is 16.9. The smallest absolute Gasteiger partial charge is 0.337 e. The number of rotatable bonds is 5. The van der Waals surface area contributed by atoms with Gasteiger partial charge in [0.1, 0.15) is 11.3 Å². The number of amides is 1. The second kappa shape index (κ2) is 7.87. The third-order valence-corrected chi connectivity index (χ3v) is 4.82. The predicted octanol–water partition coefficient (Wildman–Crippen LogP) is 3.92. The SMILES string of the molecule is COc1ccc2c(C(=O)Nc3cccc(Cn4nc(C)cc4C)c3)cc(=O)oc2c1. The molecule has 4 aromatic rings. The Morgan fingerprint density at radius 1 is 1.13 bits per heavy atom. The number of hydrogen-bond acceptors (Lipinski definition) is 5. The van der Waals surface area contributed by atoms with Gasteiger partial charge in [0.2, 0.25) is 0 Å².